The number of benzene rings is 2. The quantitative estimate of drug-likeness (QED) is 0.0329. The molecule has 68 heavy (non-hydrogen) atoms. The number of nitrogens with one attached hydrogen (secondary N) is 2. The molecule has 0 heterocycles. The van der Waals surface area contributed by atoms with E-state index < -0.39 is 18.2 Å². The van der Waals surface area contributed by atoms with E-state index in [1.807, 2.05) is 24.3 Å². The molecule has 1 aliphatic carbocycles. The number of carbonyl (C=O) groups is 4. The average Bonchev–Trinajstić information content (AvgIpc) is 3.67. The fraction of sp³-hybridized carbons (Fsp3) is 0.709. The molecule has 0 radical (unpaired) electrons. The van der Waals surface area contributed by atoms with Gasteiger partial charge in [-0.05, 0) is 67.3 Å². The van der Waals surface area contributed by atoms with Gasteiger partial charge in [0, 0.05) is 63.2 Å². The predicted molar refractivity (Wildman–Crippen MR) is 276 cm³/mol. The Labute approximate surface area is 414 Å². The smallest absolute Gasteiger partial charge is 0.407 e. The van der Waals surface area contributed by atoms with Crippen molar-refractivity contribution in [1.29, 1.82) is 0 Å². The van der Waals surface area contributed by atoms with Crippen LogP contribution in [0, 0.1) is 0 Å². The Hall–Kier alpha value is -3.65. The van der Waals surface area contributed by atoms with Crippen LogP contribution in [0.5, 0.6) is 0 Å². The van der Waals surface area contributed by atoms with E-state index in [-0.39, 0.29) is 48.5 Å². The molecule has 2 aromatic carbocycles. The van der Waals surface area contributed by atoms with Crippen LogP contribution in [0.15, 0.2) is 48.5 Å². The summed E-state index contributed by atoms with van der Waals surface area (Å²) < 4.78 is 28.8. The Morgan fingerprint density at radius 2 is 1.09 bits per heavy atom. The summed E-state index contributed by atoms with van der Waals surface area (Å²) in [6.07, 6.45) is 23.1. The third-order valence-corrected chi connectivity index (χ3v) is 13.5. The highest BCUT2D eigenvalue weighted by molar-refractivity contribution is 7.99. The van der Waals surface area contributed by atoms with Gasteiger partial charge in [0.2, 0.25) is 5.91 Å². The highest BCUT2D eigenvalue weighted by Crippen LogP contribution is 2.44. The summed E-state index contributed by atoms with van der Waals surface area (Å²) in [6, 6.07) is 15.3. The number of fused-ring (bicyclic) bond motifs is 3. The maximum absolute atomic E-state index is 13.7. The van der Waals surface area contributed by atoms with Gasteiger partial charge in [-0.25, -0.2) is 4.79 Å². The zero-order valence-electron chi connectivity index (χ0n) is 42.1. The van der Waals surface area contributed by atoms with Crippen molar-refractivity contribution < 1.29 is 42.9 Å². The Bertz CT molecular complexity index is 1600. The van der Waals surface area contributed by atoms with E-state index in [1.54, 1.807) is 0 Å². The number of hydrogen-bond acceptors (Lipinski definition) is 11. The first kappa shape index (κ1) is 58.7. The second-order valence-electron chi connectivity index (χ2n) is 18.2. The number of unbranched alkanes of at least 4 members (excludes halogenated alkanes) is 17. The number of esters is 2. The van der Waals surface area contributed by atoms with Gasteiger partial charge in [-0.2, -0.15) is 11.8 Å². The summed E-state index contributed by atoms with van der Waals surface area (Å²) in [7, 11) is 0. The first-order chi connectivity index (χ1) is 33.4. The lowest BCUT2D eigenvalue weighted by Gasteiger charge is -2.21. The maximum atomic E-state index is 13.7. The topological polar surface area (TPSA) is 165 Å². The number of rotatable bonds is 43. The van der Waals surface area contributed by atoms with Crippen molar-refractivity contribution in [2.45, 2.75) is 186 Å². The molecule has 2 aromatic rings. The first-order valence-electron chi connectivity index (χ1n) is 26.5. The van der Waals surface area contributed by atoms with Crippen LogP contribution >= 0.6 is 11.8 Å². The summed E-state index contributed by atoms with van der Waals surface area (Å²) in [5, 5.41) is 5.78. The molecule has 0 unspecified atom stereocenters. The summed E-state index contributed by atoms with van der Waals surface area (Å²) >= 11 is 1.36. The fourth-order valence-corrected chi connectivity index (χ4v) is 9.40. The molecule has 4 N–H and O–H groups in total. The molecule has 0 aliphatic heterocycles. The van der Waals surface area contributed by atoms with Gasteiger partial charge in [-0.1, -0.05) is 165 Å². The summed E-state index contributed by atoms with van der Waals surface area (Å²) in [4.78, 5) is 53.1. The number of thioether (sulfide) groups is 1. The summed E-state index contributed by atoms with van der Waals surface area (Å²) in [5.74, 6) is -0.657. The van der Waals surface area contributed by atoms with Gasteiger partial charge in [0.05, 0.1) is 0 Å². The Kier molecular flexibility index (Phi) is 33.7. The molecule has 13 heteroatoms. The normalized spacial score (nSPS) is 12.8. The van der Waals surface area contributed by atoms with Gasteiger partial charge in [0.1, 0.15) is 25.4 Å². The van der Waals surface area contributed by atoms with Gasteiger partial charge in [-0.3, -0.25) is 14.4 Å². The summed E-state index contributed by atoms with van der Waals surface area (Å²) in [5.41, 5.74) is 9.95. The molecule has 0 saturated heterocycles. The molecule has 0 bridgehead atoms. The fourth-order valence-electron chi connectivity index (χ4n) is 8.37. The standard InChI is InChI=1S/C55H89N3O9S/c1-3-5-7-9-11-13-15-17-19-33-52(59)65-41-45(67-53(60)34-20-18-16-14-12-10-8-6-4-2)43-68-44-51(54(61)57-36-28-40-64-38-26-25-37-63-39-27-35-56)58-55(62)66-42-50-48-31-23-21-29-46(48)47-30-22-24-32-49(47)50/h21-24,29-32,45,50-51H,3-20,25-28,33-44,56H2,1-2H3,(H,57,61)(H,58,62)/t45-,51+/m1/s1. The second-order valence-corrected chi connectivity index (χ2v) is 19.3. The third kappa shape index (κ3) is 26.4. The van der Waals surface area contributed by atoms with Crippen LogP contribution in [-0.4, -0.2) is 100 Å². The molecule has 12 nitrogen and oxygen atoms in total. The van der Waals surface area contributed by atoms with Crippen LogP contribution < -0.4 is 16.4 Å². The van der Waals surface area contributed by atoms with E-state index in [1.165, 1.54) is 88.8 Å². The van der Waals surface area contributed by atoms with Crippen molar-refractivity contribution in [1.82, 2.24) is 10.6 Å². The molecule has 2 atom stereocenters. The molecule has 3 rings (SSSR count). The van der Waals surface area contributed by atoms with Crippen molar-refractivity contribution in [3.63, 3.8) is 0 Å². The number of nitrogens with two attached hydrogens (primary N) is 1. The van der Waals surface area contributed by atoms with Crippen molar-refractivity contribution >= 4 is 35.7 Å². The Balaban J connectivity index is 1.55. The molecular weight excluding hydrogens is 879 g/mol. The van der Waals surface area contributed by atoms with E-state index in [9.17, 15) is 19.2 Å². The van der Waals surface area contributed by atoms with Crippen LogP contribution in [-0.2, 0) is 38.1 Å². The van der Waals surface area contributed by atoms with Crippen molar-refractivity contribution in [2.24, 2.45) is 5.73 Å². The number of carbonyl (C=O) groups excluding carboxylic acids is 4. The molecule has 0 spiro atoms. The molecule has 384 valence electrons. The monoisotopic (exact) mass is 968 g/mol. The van der Waals surface area contributed by atoms with E-state index >= 15 is 0 Å². The van der Waals surface area contributed by atoms with E-state index in [4.69, 9.17) is 29.4 Å². The zero-order chi connectivity index (χ0) is 48.7. The van der Waals surface area contributed by atoms with Gasteiger partial charge >= 0.3 is 18.0 Å². The van der Waals surface area contributed by atoms with Gasteiger partial charge < -0.3 is 40.1 Å². The lowest BCUT2D eigenvalue weighted by atomic mass is 9.98. The van der Waals surface area contributed by atoms with Crippen molar-refractivity contribution in [2.75, 3.05) is 64.2 Å². The SMILES string of the molecule is CCCCCCCCCCCC(=O)OC[C@H](CSC[C@H](NC(=O)OCC1c2ccccc2-c2ccccc21)C(=O)NCCCOCCCCOCCCN)OC(=O)CCCCCCCCCCC. The van der Waals surface area contributed by atoms with Crippen LogP contribution in [0.1, 0.15) is 185 Å². The molecule has 0 fully saturated rings. The van der Waals surface area contributed by atoms with Crippen LogP contribution in [0.2, 0.25) is 0 Å². The number of hydrogen-bond donors (Lipinski definition) is 3. The third-order valence-electron chi connectivity index (χ3n) is 12.3. The molecule has 0 aromatic heterocycles. The van der Waals surface area contributed by atoms with E-state index in [2.05, 4.69) is 48.7 Å². The van der Waals surface area contributed by atoms with Gasteiger partial charge in [0.15, 0.2) is 0 Å². The first-order valence-corrected chi connectivity index (χ1v) is 27.7. The Morgan fingerprint density at radius 3 is 1.65 bits per heavy atom. The van der Waals surface area contributed by atoms with Crippen LogP contribution in [0.4, 0.5) is 4.79 Å². The van der Waals surface area contributed by atoms with E-state index in [0.717, 1.165) is 80.0 Å². The van der Waals surface area contributed by atoms with Crippen molar-refractivity contribution in [3.8, 4) is 11.1 Å². The number of alkyl carbamates (subject to hydrolysis) is 1. The molecular formula is C55H89N3O9S. The maximum Gasteiger partial charge on any atom is 0.407 e. The second kappa shape index (κ2) is 39.1. The minimum atomic E-state index is -0.941. The highest BCUT2D eigenvalue weighted by Gasteiger charge is 2.30. The number of amides is 2. The largest absolute Gasteiger partial charge is 0.462 e. The van der Waals surface area contributed by atoms with E-state index in [0.29, 0.717) is 58.8 Å². The number of ether oxygens (including phenoxy) is 5. The lowest BCUT2D eigenvalue weighted by molar-refractivity contribution is -0.157. The van der Waals surface area contributed by atoms with Gasteiger partial charge in [0.25, 0.3) is 0 Å². The molecule has 2 amide bonds. The van der Waals surface area contributed by atoms with Crippen molar-refractivity contribution in [3.05, 3.63) is 59.7 Å². The minimum absolute atomic E-state index is 0.0647. The lowest BCUT2D eigenvalue weighted by Crippen LogP contribution is -2.49. The zero-order valence-corrected chi connectivity index (χ0v) is 42.9. The van der Waals surface area contributed by atoms with Gasteiger partial charge in [-0.15, -0.1) is 0 Å². The highest BCUT2D eigenvalue weighted by atomic mass is 32.2. The minimum Gasteiger partial charge on any atom is -0.462 e. The average molecular weight is 968 g/mol. The predicted octanol–water partition coefficient (Wildman–Crippen LogP) is 11.6. The molecule has 1 aliphatic rings. The van der Waals surface area contributed by atoms with Crippen LogP contribution in [0.25, 0.3) is 11.1 Å². The molecule has 0 saturated carbocycles. The Morgan fingerprint density at radius 1 is 0.588 bits per heavy atom. The van der Waals surface area contributed by atoms with Crippen LogP contribution in [0.3, 0.4) is 0 Å². The summed E-state index contributed by atoms with van der Waals surface area (Å²) in [6.45, 7) is 7.93.